The Hall–Kier alpha value is -0.830. The lowest BCUT2D eigenvalue weighted by Gasteiger charge is -2.18. The van der Waals surface area contributed by atoms with Crippen molar-refractivity contribution in [1.29, 1.82) is 0 Å². The molecule has 1 aromatic rings. The Morgan fingerprint density at radius 1 is 1.10 bits per heavy atom. The quantitative estimate of drug-likeness (QED) is 0.584. The third-order valence-electron chi connectivity index (χ3n) is 3.88. The van der Waals surface area contributed by atoms with E-state index in [1.54, 1.807) is 0 Å². The van der Waals surface area contributed by atoms with Crippen LogP contribution < -0.4 is 5.32 Å². The molecule has 1 aromatic heterocycles. The van der Waals surface area contributed by atoms with Crippen LogP contribution in [0.3, 0.4) is 0 Å². The van der Waals surface area contributed by atoms with Gasteiger partial charge in [-0.25, -0.2) is 0 Å². The molecule has 1 unspecified atom stereocenters. The molecule has 0 aliphatic rings. The zero-order valence-electron chi connectivity index (χ0n) is 13.7. The highest BCUT2D eigenvalue weighted by Gasteiger charge is 2.08. The van der Waals surface area contributed by atoms with Crippen LogP contribution in [-0.2, 0) is 13.5 Å². The zero-order valence-corrected chi connectivity index (χ0v) is 13.7. The van der Waals surface area contributed by atoms with E-state index in [2.05, 4.69) is 30.5 Å². The van der Waals surface area contributed by atoms with Gasteiger partial charge in [-0.05, 0) is 37.8 Å². The Labute approximate surface area is 125 Å². The Balaban J connectivity index is 2.23. The molecule has 0 saturated heterocycles. The lowest BCUT2D eigenvalue weighted by Crippen LogP contribution is -2.30. The summed E-state index contributed by atoms with van der Waals surface area (Å²) in [5.74, 6) is 0. The molecule has 0 aliphatic carbocycles. The maximum absolute atomic E-state index is 4.25. The van der Waals surface area contributed by atoms with E-state index in [1.807, 2.05) is 17.9 Å². The van der Waals surface area contributed by atoms with Gasteiger partial charge in [0, 0.05) is 19.3 Å². The second-order valence-electron chi connectivity index (χ2n) is 5.91. The van der Waals surface area contributed by atoms with E-state index in [0.717, 1.165) is 13.0 Å². The SMILES string of the molecule is CCCCCCCC(CCc1cnn(C)c1)NCCC. The average Bonchev–Trinajstić information content (AvgIpc) is 2.86. The molecule has 0 bridgehead atoms. The van der Waals surface area contributed by atoms with Crippen LogP contribution in [0.2, 0.25) is 0 Å². The van der Waals surface area contributed by atoms with Gasteiger partial charge in [-0.15, -0.1) is 0 Å². The first-order chi connectivity index (χ1) is 9.76. The van der Waals surface area contributed by atoms with Crippen LogP contribution in [0.1, 0.15) is 70.8 Å². The van der Waals surface area contributed by atoms with Gasteiger partial charge in [-0.1, -0.05) is 46.0 Å². The Morgan fingerprint density at radius 3 is 2.55 bits per heavy atom. The molecule has 0 amide bonds. The van der Waals surface area contributed by atoms with Crippen LogP contribution in [0.5, 0.6) is 0 Å². The highest BCUT2D eigenvalue weighted by molar-refractivity contribution is 5.03. The molecule has 0 aromatic carbocycles. The normalized spacial score (nSPS) is 12.8. The third kappa shape index (κ3) is 7.68. The number of rotatable bonds is 12. The van der Waals surface area contributed by atoms with Crippen molar-refractivity contribution in [3.8, 4) is 0 Å². The molecule has 1 heterocycles. The van der Waals surface area contributed by atoms with Crippen molar-refractivity contribution in [2.24, 2.45) is 7.05 Å². The highest BCUT2D eigenvalue weighted by Crippen LogP contribution is 2.12. The molecule has 116 valence electrons. The summed E-state index contributed by atoms with van der Waals surface area (Å²) in [6.07, 6.45) is 15.9. The molecule has 1 N–H and O–H groups in total. The van der Waals surface area contributed by atoms with Crippen LogP contribution >= 0.6 is 0 Å². The first kappa shape index (κ1) is 17.2. The van der Waals surface area contributed by atoms with Gasteiger partial charge in [0.25, 0.3) is 0 Å². The highest BCUT2D eigenvalue weighted by atomic mass is 15.2. The van der Waals surface area contributed by atoms with E-state index in [4.69, 9.17) is 0 Å². The van der Waals surface area contributed by atoms with Crippen molar-refractivity contribution in [3.63, 3.8) is 0 Å². The van der Waals surface area contributed by atoms with Gasteiger partial charge < -0.3 is 5.32 Å². The lowest BCUT2D eigenvalue weighted by molar-refractivity contribution is 0.431. The van der Waals surface area contributed by atoms with Crippen molar-refractivity contribution in [2.45, 2.75) is 77.7 Å². The topological polar surface area (TPSA) is 29.9 Å². The van der Waals surface area contributed by atoms with Crippen LogP contribution in [0.15, 0.2) is 12.4 Å². The monoisotopic (exact) mass is 279 g/mol. The fraction of sp³-hybridized carbons (Fsp3) is 0.824. The number of nitrogens with one attached hydrogen (secondary N) is 1. The summed E-state index contributed by atoms with van der Waals surface area (Å²) >= 11 is 0. The second kappa shape index (κ2) is 10.9. The van der Waals surface area contributed by atoms with Crippen LogP contribution in [0.25, 0.3) is 0 Å². The van der Waals surface area contributed by atoms with Gasteiger partial charge in [-0.2, -0.15) is 5.10 Å². The predicted octanol–water partition coefficient (Wildman–Crippen LogP) is 4.08. The Kier molecular flexibility index (Phi) is 9.38. The minimum Gasteiger partial charge on any atom is -0.314 e. The first-order valence-corrected chi connectivity index (χ1v) is 8.47. The number of hydrogen-bond donors (Lipinski definition) is 1. The molecule has 0 spiro atoms. The minimum absolute atomic E-state index is 0.678. The molecular formula is C17H33N3. The third-order valence-corrected chi connectivity index (χ3v) is 3.88. The van der Waals surface area contributed by atoms with E-state index < -0.39 is 0 Å². The average molecular weight is 279 g/mol. The summed E-state index contributed by atoms with van der Waals surface area (Å²) in [5, 5.41) is 7.96. The molecule has 1 rings (SSSR count). The van der Waals surface area contributed by atoms with Crippen LogP contribution in [0.4, 0.5) is 0 Å². The maximum atomic E-state index is 4.25. The van der Waals surface area contributed by atoms with E-state index in [1.165, 1.54) is 56.9 Å². The molecule has 0 saturated carbocycles. The largest absolute Gasteiger partial charge is 0.314 e. The van der Waals surface area contributed by atoms with Gasteiger partial charge in [-0.3, -0.25) is 4.68 Å². The molecule has 20 heavy (non-hydrogen) atoms. The lowest BCUT2D eigenvalue weighted by atomic mass is 10.0. The van der Waals surface area contributed by atoms with E-state index in [-0.39, 0.29) is 0 Å². The number of nitrogens with zero attached hydrogens (tertiary/aromatic N) is 2. The summed E-state index contributed by atoms with van der Waals surface area (Å²) in [5.41, 5.74) is 1.36. The zero-order chi connectivity index (χ0) is 14.6. The number of aryl methyl sites for hydroxylation is 2. The van der Waals surface area contributed by atoms with Gasteiger partial charge in [0.15, 0.2) is 0 Å². The van der Waals surface area contributed by atoms with Crippen molar-refractivity contribution < 1.29 is 0 Å². The fourth-order valence-electron chi connectivity index (χ4n) is 2.63. The first-order valence-electron chi connectivity index (χ1n) is 8.47. The van der Waals surface area contributed by atoms with Crippen molar-refractivity contribution in [3.05, 3.63) is 18.0 Å². The summed E-state index contributed by atoms with van der Waals surface area (Å²) in [7, 11) is 1.99. The number of hydrogen-bond acceptors (Lipinski definition) is 2. The van der Waals surface area contributed by atoms with E-state index in [0.29, 0.717) is 6.04 Å². The molecule has 1 atom stereocenters. The molecule has 0 fully saturated rings. The van der Waals surface area contributed by atoms with Crippen LogP contribution in [-0.4, -0.2) is 22.4 Å². The van der Waals surface area contributed by atoms with Crippen molar-refractivity contribution in [2.75, 3.05) is 6.54 Å². The summed E-state index contributed by atoms with van der Waals surface area (Å²) in [6.45, 7) is 5.67. The van der Waals surface area contributed by atoms with Gasteiger partial charge in [0.1, 0.15) is 0 Å². The number of unbranched alkanes of at least 4 members (excludes halogenated alkanes) is 4. The number of aromatic nitrogens is 2. The standard InChI is InChI=1S/C17H33N3/c1-4-6-7-8-9-10-17(18-13-5-2)12-11-16-14-19-20(3)15-16/h14-15,17-18H,4-13H2,1-3H3. The Bertz CT molecular complexity index is 333. The van der Waals surface area contributed by atoms with Crippen LogP contribution in [0, 0.1) is 0 Å². The van der Waals surface area contributed by atoms with Gasteiger partial charge in [0.2, 0.25) is 0 Å². The molecular weight excluding hydrogens is 246 g/mol. The molecule has 0 aliphatic heterocycles. The van der Waals surface area contributed by atoms with Gasteiger partial charge in [0.05, 0.1) is 6.20 Å². The summed E-state index contributed by atoms with van der Waals surface area (Å²) in [6, 6.07) is 0.678. The van der Waals surface area contributed by atoms with Crippen molar-refractivity contribution >= 4 is 0 Å². The minimum atomic E-state index is 0.678. The predicted molar refractivity (Wildman–Crippen MR) is 87.0 cm³/mol. The molecule has 3 nitrogen and oxygen atoms in total. The second-order valence-corrected chi connectivity index (χ2v) is 5.91. The smallest absolute Gasteiger partial charge is 0.0521 e. The molecule has 0 radical (unpaired) electrons. The maximum Gasteiger partial charge on any atom is 0.0521 e. The molecule has 3 heteroatoms. The van der Waals surface area contributed by atoms with E-state index in [9.17, 15) is 0 Å². The van der Waals surface area contributed by atoms with E-state index >= 15 is 0 Å². The fourth-order valence-corrected chi connectivity index (χ4v) is 2.63. The Morgan fingerprint density at radius 2 is 1.90 bits per heavy atom. The van der Waals surface area contributed by atoms with Crippen molar-refractivity contribution in [1.82, 2.24) is 15.1 Å². The summed E-state index contributed by atoms with van der Waals surface area (Å²) < 4.78 is 1.90. The van der Waals surface area contributed by atoms with Gasteiger partial charge >= 0.3 is 0 Å². The summed E-state index contributed by atoms with van der Waals surface area (Å²) in [4.78, 5) is 0.